The molecule has 18 heavy (non-hydrogen) atoms. The topological polar surface area (TPSA) is 46.3 Å². The number of carbonyl (C=O) groups excluding carboxylic acids is 1. The van der Waals surface area contributed by atoms with Crippen molar-refractivity contribution in [3.8, 4) is 0 Å². The van der Waals surface area contributed by atoms with Crippen molar-refractivity contribution >= 4 is 39.9 Å². The Hall–Kier alpha value is -1.56. The van der Waals surface area contributed by atoms with Crippen molar-refractivity contribution in [2.45, 2.75) is 0 Å². The Kier molecular flexibility index (Phi) is 3.86. The molecule has 0 aromatic heterocycles. The number of anilines is 2. The molecule has 2 aromatic rings. The number of nitrogens with two attached hydrogens (primary N) is 1. The zero-order valence-electron chi connectivity index (χ0n) is 9.93. The average Bonchev–Trinajstić information content (AvgIpc) is 2.38. The van der Waals surface area contributed by atoms with Crippen LogP contribution in [0.2, 0.25) is 0 Å². The van der Waals surface area contributed by atoms with Gasteiger partial charge in [-0.2, -0.15) is 0 Å². The van der Waals surface area contributed by atoms with E-state index in [2.05, 4.69) is 22.6 Å². The summed E-state index contributed by atoms with van der Waals surface area (Å²) in [6.45, 7) is 0. The Morgan fingerprint density at radius 1 is 1.11 bits per heavy atom. The molecule has 0 fully saturated rings. The number of rotatable bonds is 2. The molecule has 0 atom stereocenters. The molecular weight excluding hydrogens is 339 g/mol. The van der Waals surface area contributed by atoms with Crippen molar-refractivity contribution in [2.75, 3.05) is 17.7 Å². The molecule has 92 valence electrons. The fourth-order valence-electron chi connectivity index (χ4n) is 1.71. The highest BCUT2D eigenvalue weighted by atomic mass is 127. The van der Waals surface area contributed by atoms with Crippen molar-refractivity contribution in [1.29, 1.82) is 0 Å². The zero-order valence-corrected chi connectivity index (χ0v) is 12.1. The average molecular weight is 352 g/mol. The van der Waals surface area contributed by atoms with Gasteiger partial charge in [0.1, 0.15) is 0 Å². The van der Waals surface area contributed by atoms with E-state index in [4.69, 9.17) is 5.73 Å². The standard InChI is InChI=1S/C14H13IN2O/c1-17(13-9-5-3-7-11(13)15)14(18)10-6-2-4-8-12(10)16/h2-9H,16H2,1H3. The number of nitrogen functional groups attached to an aromatic ring is 1. The van der Waals surface area contributed by atoms with Crippen LogP contribution >= 0.6 is 22.6 Å². The van der Waals surface area contributed by atoms with Crippen LogP contribution in [-0.4, -0.2) is 13.0 Å². The quantitative estimate of drug-likeness (QED) is 0.667. The summed E-state index contributed by atoms with van der Waals surface area (Å²) >= 11 is 2.21. The third-order valence-corrected chi connectivity index (χ3v) is 3.62. The summed E-state index contributed by atoms with van der Waals surface area (Å²) in [4.78, 5) is 14.0. The number of amides is 1. The van der Waals surface area contributed by atoms with E-state index in [1.165, 1.54) is 0 Å². The lowest BCUT2D eigenvalue weighted by atomic mass is 10.1. The first-order chi connectivity index (χ1) is 8.61. The van der Waals surface area contributed by atoms with Gasteiger partial charge < -0.3 is 10.6 Å². The molecule has 2 aromatic carbocycles. The molecule has 0 aliphatic carbocycles. The second-order valence-electron chi connectivity index (χ2n) is 3.90. The van der Waals surface area contributed by atoms with Crippen molar-refractivity contribution in [3.63, 3.8) is 0 Å². The Morgan fingerprint density at radius 2 is 1.72 bits per heavy atom. The maximum Gasteiger partial charge on any atom is 0.260 e. The molecule has 3 nitrogen and oxygen atoms in total. The second-order valence-corrected chi connectivity index (χ2v) is 5.07. The third kappa shape index (κ3) is 2.48. The number of carbonyl (C=O) groups is 1. The minimum absolute atomic E-state index is 0.0998. The highest BCUT2D eigenvalue weighted by Gasteiger charge is 2.17. The molecule has 0 bridgehead atoms. The summed E-state index contributed by atoms with van der Waals surface area (Å²) < 4.78 is 1.03. The van der Waals surface area contributed by atoms with Crippen LogP contribution in [0.4, 0.5) is 11.4 Å². The smallest absolute Gasteiger partial charge is 0.260 e. The van der Waals surface area contributed by atoms with Gasteiger partial charge in [-0.1, -0.05) is 24.3 Å². The second kappa shape index (κ2) is 5.39. The molecule has 0 radical (unpaired) electrons. The van der Waals surface area contributed by atoms with Gasteiger partial charge in [-0.15, -0.1) is 0 Å². The predicted molar refractivity (Wildman–Crippen MR) is 82.7 cm³/mol. The fourth-order valence-corrected chi connectivity index (χ4v) is 2.45. The predicted octanol–water partition coefficient (Wildman–Crippen LogP) is 3.15. The number of hydrogen-bond acceptors (Lipinski definition) is 2. The SMILES string of the molecule is CN(C(=O)c1ccccc1N)c1ccccc1I. The molecule has 0 saturated carbocycles. The molecule has 2 N–H and O–H groups in total. The molecule has 0 heterocycles. The van der Waals surface area contributed by atoms with E-state index >= 15 is 0 Å². The normalized spacial score (nSPS) is 10.1. The summed E-state index contributed by atoms with van der Waals surface area (Å²) in [5.41, 5.74) is 7.73. The molecule has 0 spiro atoms. The Labute approximate surface area is 120 Å². The van der Waals surface area contributed by atoms with Crippen LogP contribution in [-0.2, 0) is 0 Å². The van der Waals surface area contributed by atoms with E-state index in [-0.39, 0.29) is 5.91 Å². The van der Waals surface area contributed by atoms with Gasteiger partial charge in [-0.05, 0) is 46.9 Å². The van der Waals surface area contributed by atoms with E-state index in [0.717, 1.165) is 9.26 Å². The van der Waals surface area contributed by atoms with Gasteiger partial charge >= 0.3 is 0 Å². The van der Waals surface area contributed by atoms with Crippen LogP contribution in [0.5, 0.6) is 0 Å². The highest BCUT2D eigenvalue weighted by molar-refractivity contribution is 14.1. The first kappa shape index (κ1) is 12.9. The Balaban J connectivity index is 2.36. The van der Waals surface area contributed by atoms with Gasteiger partial charge in [-0.3, -0.25) is 4.79 Å². The van der Waals surface area contributed by atoms with E-state index in [9.17, 15) is 4.79 Å². The van der Waals surface area contributed by atoms with Gasteiger partial charge in [0, 0.05) is 16.3 Å². The largest absolute Gasteiger partial charge is 0.398 e. The first-order valence-electron chi connectivity index (χ1n) is 5.48. The molecule has 0 aliphatic rings. The maximum atomic E-state index is 12.4. The summed E-state index contributed by atoms with van der Waals surface area (Å²) in [6.07, 6.45) is 0. The molecule has 1 amide bonds. The summed E-state index contributed by atoms with van der Waals surface area (Å²) in [7, 11) is 1.76. The monoisotopic (exact) mass is 352 g/mol. The van der Waals surface area contributed by atoms with Gasteiger partial charge in [-0.25, -0.2) is 0 Å². The van der Waals surface area contributed by atoms with Crippen LogP contribution in [0, 0.1) is 3.57 Å². The number of para-hydroxylation sites is 2. The molecule has 0 aliphatic heterocycles. The summed E-state index contributed by atoms with van der Waals surface area (Å²) in [6, 6.07) is 14.8. The van der Waals surface area contributed by atoms with Crippen molar-refractivity contribution in [3.05, 3.63) is 57.7 Å². The molecule has 0 saturated heterocycles. The number of benzene rings is 2. The van der Waals surface area contributed by atoms with Crippen molar-refractivity contribution in [1.82, 2.24) is 0 Å². The maximum absolute atomic E-state index is 12.4. The van der Waals surface area contributed by atoms with E-state index in [1.807, 2.05) is 36.4 Å². The molecule has 0 unspecified atom stereocenters. The van der Waals surface area contributed by atoms with Gasteiger partial charge in [0.2, 0.25) is 0 Å². The number of hydrogen-bond donors (Lipinski definition) is 1. The Bertz CT molecular complexity index is 584. The van der Waals surface area contributed by atoms with E-state index in [0.29, 0.717) is 11.3 Å². The lowest BCUT2D eigenvalue weighted by molar-refractivity contribution is 0.0993. The van der Waals surface area contributed by atoms with Gasteiger partial charge in [0.15, 0.2) is 0 Å². The van der Waals surface area contributed by atoms with Crippen LogP contribution in [0.1, 0.15) is 10.4 Å². The van der Waals surface area contributed by atoms with Gasteiger partial charge in [0.25, 0.3) is 5.91 Å². The van der Waals surface area contributed by atoms with Crippen molar-refractivity contribution < 1.29 is 4.79 Å². The molecule has 4 heteroatoms. The molecular formula is C14H13IN2O. The zero-order chi connectivity index (χ0) is 13.1. The summed E-state index contributed by atoms with van der Waals surface area (Å²) in [5.74, 6) is -0.0998. The van der Waals surface area contributed by atoms with Crippen LogP contribution < -0.4 is 10.6 Å². The van der Waals surface area contributed by atoms with Gasteiger partial charge in [0.05, 0.1) is 11.3 Å². The van der Waals surface area contributed by atoms with Crippen LogP contribution in [0.15, 0.2) is 48.5 Å². The fraction of sp³-hybridized carbons (Fsp3) is 0.0714. The van der Waals surface area contributed by atoms with E-state index in [1.54, 1.807) is 24.1 Å². The summed E-state index contributed by atoms with van der Waals surface area (Å²) in [5, 5.41) is 0. The van der Waals surface area contributed by atoms with Crippen LogP contribution in [0.3, 0.4) is 0 Å². The van der Waals surface area contributed by atoms with Crippen molar-refractivity contribution in [2.24, 2.45) is 0 Å². The number of nitrogens with zero attached hydrogens (tertiary/aromatic N) is 1. The number of halogens is 1. The van der Waals surface area contributed by atoms with Crippen LogP contribution in [0.25, 0.3) is 0 Å². The Morgan fingerprint density at radius 3 is 2.39 bits per heavy atom. The lowest BCUT2D eigenvalue weighted by Crippen LogP contribution is -2.27. The van der Waals surface area contributed by atoms with E-state index < -0.39 is 0 Å². The molecule has 2 rings (SSSR count). The highest BCUT2D eigenvalue weighted by Crippen LogP contribution is 2.23. The third-order valence-electron chi connectivity index (χ3n) is 2.71. The minimum atomic E-state index is -0.0998. The lowest BCUT2D eigenvalue weighted by Gasteiger charge is -2.19. The first-order valence-corrected chi connectivity index (χ1v) is 6.56. The minimum Gasteiger partial charge on any atom is -0.398 e.